The van der Waals surface area contributed by atoms with Crippen molar-refractivity contribution in [3.05, 3.63) is 29.8 Å². The molecule has 1 heterocycles. The summed E-state index contributed by atoms with van der Waals surface area (Å²) in [4.78, 5) is 13.2. The molecule has 4 heteroatoms. The van der Waals surface area contributed by atoms with E-state index < -0.39 is 5.97 Å². The minimum atomic E-state index is -0.696. The van der Waals surface area contributed by atoms with Crippen molar-refractivity contribution in [2.75, 3.05) is 13.1 Å². The first-order chi connectivity index (χ1) is 8.61. The van der Waals surface area contributed by atoms with Gasteiger partial charge in [-0.05, 0) is 37.1 Å². The van der Waals surface area contributed by atoms with Crippen LogP contribution in [0.3, 0.4) is 0 Å². The Morgan fingerprint density at radius 3 is 2.61 bits per heavy atom. The first kappa shape index (κ1) is 12.9. The highest BCUT2D eigenvalue weighted by Crippen LogP contribution is 2.30. The van der Waals surface area contributed by atoms with Crippen LogP contribution >= 0.6 is 0 Å². The highest BCUT2D eigenvalue weighted by molar-refractivity contribution is 5.70. The number of phenols is 1. The predicted octanol–water partition coefficient (Wildman–Crippen LogP) is 2.25. The van der Waals surface area contributed by atoms with E-state index in [2.05, 4.69) is 11.8 Å². The summed E-state index contributed by atoms with van der Waals surface area (Å²) in [6.07, 6.45) is 1.67. The van der Waals surface area contributed by atoms with Crippen LogP contribution in [0, 0.1) is 5.92 Å². The molecule has 2 unspecified atom stereocenters. The predicted molar refractivity (Wildman–Crippen MR) is 68.5 cm³/mol. The number of nitrogens with zero attached hydrogens (tertiary/aromatic N) is 1. The van der Waals surface area contributed by atoms with Crippen molar-refractivity contribution in [1.82, 2.24) is 4.90 Å². The summed E-state index contributed by atoms with van der Waals surface area (Å²) < 4.78 is 0. The fourth-order valence-corrected chi connectivity index (χ4v) is 2.67. The first-order valence-corrected chi connectivity index (χ1v) is 6.37. The van der Waals surface area contributed by atoms with Gasteiger partial charge in [0.2, 0.25) is 0 Å². The molecule has 1 aliphatic heterocycles. The van der Waals surface area contributed by atoms with Crippen molar-refractivity contribution in [1.29, 1.82) is 0 Å². The third kappa shape index (κ3) is 2.64. The minimum Gasteiger partial charge on any atom is -0.508 e. The van der Waals surface area contributed by atoms with Gasteiger partial charge in [0.05, 0.1) is 5.92 Å². The number of aliphatic carboxylic acids is 1. The van der Waals surface area contributed by atoms with E-state index in [1.165, 1.54) is 0 Å². The molecule has 98 valence electrons. The van der Waals surface area contributed by atoms with Gasteiger partial charge in [0.25, 0.3) is 0 Å². The van der Waals surface area contributed by atoms with Crippen LogP contribution in [0.4, 0.5) is 0 Å². The van der Waals surface area contributed by atoms with E-state index in [-0.39, 0.29) is 17.7 Å². The highest BCUT2D eigenvalue weighted by atomic mass is 16.4. The Balaban J connectivity index is 2.10. The zero-order valence-electron chi connectivity index (χ0n) is 10.5. The summed E-state index contributed by atoms with van der Waals surface area (Å²) in [6.45, 7) is 3.55. The van der Waals surface area contributed by atoms with Crippen LogP contribution in [0.15, 0.2) is 24.3 Å². The van der Waals surface area contributed by atoms with Gasteiger partial charge in [-0.3, -0.25) is 9.69 Å². The Morgan fingerprint density at radius 1 is 1.44 bits per heavy atom. The largest absolute Gasteiger partial charge is 0.508 e. The number of carboxylic acid groups (broad SMARTS) is 1. The lowest BCUT2D eigenvalue weighted by Gasteiger charge is -2.27. The lowest BCUT2D eigenvalue weighted by atomic mass is 10.0. The molecule has 4 nitrogen and oxygen atoms in total. The Kier molecular flexibility index (Phi) is 3.87. The van der Waals surface area contributed by atoms with Crippen LogP contribution in [0.25, 0.3) is 0 Å². The van der Waals surface area contributed by atoms with Gasteiger partial charge in [-0.15, -0.1) is 0 Å². The average Bonchev–Trinajstić information content (AvgIpc) is 2.82. The van der Waals surface area contributed by atoms with Crippen LogP contribution in [-0.2, 0) is 4.79 Å². The van der Waals surface area contributed by atoms with E-state index >= 15 is 0 Å². The third-order valence-electron chi connectivity index (χ3n) is 3.67. The van der Waals surface area contributed by atoms with Crippen LogP contribution in [0.5, 0.6) is 5.75 Å². The molecule has 0 spiro atoms. The summed E-state index contributed by atoms with van der Waals surface area (Å²) in [5.74, 6) is -0.673. The number of carbonyl (C=O) groups is 1. The lowest BCUT2D eigenvalue weighted by molar-refractivity contribution is -0.141. The van der Waals surface area contributed by atoms with Gasteiger partial charge in [0.1, 0.15) is 5.75 Å². The minimum absolute atomic E-state index is 0.240. The molecule has 1 fully saturated rings. The Morgan fingerprint density at radius 2 is 2.11 bits per heavy atom. The fourth-order valence-electron chi connectivity index (χ4n) is 2.67. The van der Waals surface area contributed by atoms with Gasteiger partial charge in [0.15, 0.2) is 0 Å². The second-order valence-corrected chi connectivity index (χ2v) is 4.83. The van der Waals surface area contributed by atoms with Crippen LogP contribution in [0.1, 0.15) is 31.4 Å². The van der Waals surface area contributed by atoms with Crippen molar-refractivity contribution in [2.45, 2.75) is 25.8 Å². The molecule has 1 aliphatic rings. The summed E-state index contributed by atoms with van der Waals surface area (Å²) in [7, 11) is 0. The van der Waals surface area contributed by atoms with Gasteiger partial charge in [-0.25, -0.2) is 0 Å². The second kappa shape index (κ2) is 5.40. The number of carboxylic acids is 1. The number of phenolic OH excluding ortho intramolecular Hbond substituents is 1. The topological polar surface area (TPSA) is 60.8 Å². The number of rotatable bonds is 4. The van der Waals surface area contributed by atoms with Crippen molar-refractivity contribution >= 4 is 5.97 Å². The van der Waals surface area contributed by atoms with Crippen LogP contribution in [-0.4, -0.2) is 34.2 Å². The first-order valence-electron chi connectivity index (χ1n) is 6.37. The molecule has 2 rings (SSSR count). The summed E-state index contributed by atoms with van der Waals surface area (Å²) in [5.41, 5.74) is 1.14. The number of aromatic hydroxyl groups is 1. The van der Waals surface area contributed by atoms with Crippen molar-refractivity contribution in [3.8, 4) is 5.75 Å². The van der Waals surface area contributed by atoms with E-state index in [1.54, 1.807) is 12.1 Å². The van der Waals surface area contributed by atoms with Gasteiger partial charge in [-0.2, -0.15) is 0 Å². The van der Waals surface area contributed by atoms with E-state index in [4.69, 9.17) is 5.11 Å². The normalized spacial score (nSPS) is 21.9. The SMILES string of the molecule is CCC(c1ccc(O)cc1)N1CCC(C(=O)O)C1. The standard InChI is InChI=1S/C14H19NO3/c1-2-13(10-3-5-12(16)6-4-10)15-8-7-11(9-15)14(17)18/h3-6,11,13,16H,2,7-9H2,1H3,(H,17,18). The molecule has 0 radical (unpaired) electrons. The van der Waals surface area contributed by atoms with Crippen molar-refractivity contribution in [2.24, 2.45) is 5.92 Å². The molecular formula is C14H19NO3. The molecule has 0 aliphatic carbocycles. The third-order valence-corrected chi connectivity index (χ3v) is 3.67. The maximum atomic E-state index is 11.0. The smallest absolute Gasteiger partial charge is 0.307 e. The van der Waals surface area contributed by atoms with E-state index in [1.807, 2.05) is 12.1 Å². The van der Waals surface area contributed by atoms with Crippen LogP contribution < -0.4 is 0 Å². The lowest BCUT2D eigenvalue weighted by Crippen LogP contribution is -2.27. The monoisotopic (exact) mass is 249 g/mol. The van der Waals surface area contributed by atoms with Crippen molar-refractivity contribution in [3.63, 3.8) is 0 Å². The molecule has 2 N–H and O–H groups in total. The maximum absolute atomic E-state index is 11.0. The molecule has 18 heavy (non-hydrogen) atoms. The Bertz CT molecular complexity index is 416. The number of benzene rings is 1. The zero-order valence-corrected chi connectivity index (χ0v) is 10.5. The molecule has 2 atom stereocenters. The summed E-state index contributed by atoms with van der Waals surface area (Å²) in [5, 5.41) is 18.3. The fraction of sp³-hybridized carbons (Fsp3) is 0.500. The molecule has 0 amide bonds. The van der Waals surface area contributed by atoms with Gasteiger partial charge < -0.3 is 10.2 Å². The molecular weight excluding hydrogens is 230 g/mol. The van der Waals surface area contributed by atoms with E-state index in [0.29, 0.717) is 6.54 Å². The number of hydrogen-bond acceptors (Lipinski definition) is 3. The molecule has 0 saturated carbocycles. The molecule has 0 bridgehead atoms. The molecule has 1 saturated heterocycles. The molecule has 0 aromatic heterocycles. The second-order valence-electron chi connectivity index (χ2n) is 4.83. The maximum Gasteiger partial charge on any atom is 0.307 e. The Labute approximate surface area is 107 Å². The summed E-state index contributed by atoms with van der Waals surface area (Å²) >= 11 is 0. The van der Waals surface area contributed by atoms with Gasteiger partial charge >= 0.3 is 5.97 Å². The number of likely N-dealkylation sites (tertiary alicyclic amines) is 1. The van der Waals surface area contributed by atoms with E-state index in [9.17, 15) is 9.90 Å². The van der Waals surface area contributed by atoms with Gasteiger partial charge in [-0.1, -0.05) is 19.1 Å². The molecule has 1 aromatic carbocycles. The zero-order chi connectivity index (χ0) is 13.1. The highest BCUT2D eigenvalue weighted by Gasteiger charge is 2.31. The average molecular weight is 249 g/mol. The Hall–Kier alpha value is -1.55. The quantitative estimate of drug-likeness (QED) is 0.859. The summed E-state index contributed by atoms with van der Waals surface area (Å²) in [6, 6.07) is 7.44. The van der Waals surface area contributed by atoms with E-state index in [0.717, 1.165) is 24.9 Å². The van der Waals surface area contributed by atoms with Crippen LogP contribution in [0.2, 0.25) is 0 Å². The number of hydrogen-bond donors (Lipinski definition) is 2. The molecule has 1 aromatic rings. The van der Waals surface area contributed by atoms with Crippen molar-refractivity contribution < 1.29 is 15.0 Å². The van der Waals surface area contributed by atoms with Gasteiger partial charge in [0, 0.05) is 12.6 Å².